The van der Waals surface area contributed by atoms with Crippen molar-refractivity contribution in [2.45, 2.75) is 0 Å². The topological polar surface area (TPSA) is 72.2 Å². The lowest BCUT2D eigenvalue weighted by Crippen LogP contribution is -2.24. The first-order chi connectivity index (χ1) is 7.91. The highest BCUT2D eigenvalue weighted by atomic mass is 79.9. The third-order valence-corrected chi connectivity index (χ3v) is 2.43. The van der Waals surface area contributed by atoms with Gasteiger partial charge in [-0.25, -0.2) is 0 Å². The van der Waals surface area contributed by atoms with Gasteiger partial charge in [-0.15, -0.1) is 0 Å². The van der Waals surface area contributed by atoms with Crippen LogP contribution in [0.1, 0.15) is 10.4 Å². The van der Waals surface area contributed by atoms with E-state index in [9.17, 15) is 14.9 Å². The average Bonchev–Trinajstić information content (AvgIpc) is 2.25. The maximum atomic E-state index is 11.6. The second kappa shape index (κ2) is 5.79. The van der Waals surface area contributed by atoms with E-state index in [1.54, 1.807) is 0 Å². The summed E-state index contributed by atoms with van der Waals surface area (Å²) >= 11 is 8.78. The van der Waals surface area contributed by atoms with Crippen LogP contribution in [0.4, 0.5) is 5.69 Å². The van der Waals surface area contributed by atoms with Crippen LogP contribution in [0.15, 0.2) is 29.3 Å². The van der Waals surface area contributed by atoms with E-state index in [2.05, 4.69) is 27.8 Å². The van der Waals surface area contributed by atoms with Crippen molar-refractivity contribution in [1.29, 1.82) is 0 Å². The predicted molar refractivity (Wildman–Crippen MR) is 68.5 cm³/mol. The van der Waals surface area contributed by atoms with Gasteiger partial charge >= 0.3 is 0 Å². The van der Waals surface area contributed by atoms with Crippen molar-refractivity contribution in [1.82, 2.24) is 5.32 Å². The zero-order chi connectivity index (χ0) is 13.0. The highest BCUT2D eigenvalue weighted by Gasteiger charge is 2.14. The van der Waals surface area contributed by atoms with E-state index in [1.165, 1.54) is 18.2 Å². The summed E-state index contributed by atoms with van der Waals surface area (Å²) in [6, 6.07) is 3.79. The number of nitrogens with zero attached hydrogens (tertiary/aromatic N) is 1. The number of hydrogen-bond acceptors (Lipinski definition) is 3. The van der Waals surface area contributed by atoms with Gasteiger partial charge in [-0.1, -0.05) is 34.1 Å². The Hall–Kier alpha value is -1.40. The number of rotatable bonds is 4. The molecular formula is C10H8BrClN2O3. The Morgan fingerprint density at radius 1 is 1.59 bits per heavy atom. The van der Waals surface area contributed by atoms with Crippen molar-refractivity contribution >= 4 is 39.1 Å². The molecule has 17 heavy (non-hydrogen) atoms. The molecule has 0 saturated carbocycles. The van der Waals surface area contributed by atoms with Gasteiger partial charge in [0.25, 0.3) is 11.6 Å². The molecule has 1 rings (SSSR count). The summed E-state index contributed by atoms with van der Waals surface area (Å²) in [5.74, 6) is -0.373. The Bertz CT molecular complexity index is 490. The zero-order valence-electron chi connectivity index (χ0n) is 8.57. The molecule has 0 heterocycles. The number of nitrogens with one attached hydrogen (secondary N) is 1. The summed E-state index contributed by atoms with van der Waals surface area (Å²) < 4.78 is 0.624. The zero-order valence-corrected chi connectivity index (χ0v) is 10.9. The van der Waals surface area contributed by atoms with Crippen LogP contribution >= 0.6 is 27.5 Å². The lowest BCUT2D eigenvalue weighted by molar-refractivity contribution is -0.384. The van der Waals surface area contributed by atoms with Gasteiger partial charge in [0, 0.05) is 22.7 Å². The second-order valence-electron chi connectivity index (χ2n) is 3.12. The molecule has 1 aromatic rings. The number of halogens is 2. The van der Waals surface area contributed by atoms with Gasteiger partial charge in [-0.2, -0.15) is 0 Å². The molecule has 0 aromatic heterocycles. The molecule has 90 valence electrons. The normalized spacial score (nSPS) is 9.76. The Labute approximate surface area is 111 Å². The number of hydrogen-bond donors (Lipinski definition) is 1. The summed E-state index contributed by atoms with van der Waals surface area (Å²) in [5, 5.41) is 13.0. The monoisotopic (exact) mass is 318 g/mol. The average molecular weight is 320 g/mol. The van der Waals surface area contributed by atoms with E-state index in [-0.39, 0.29) is 28.7 Å². The minimum absolute atomic E-state index is 0.0691. The lowest BCUT2D eigenvalue weighted by Gasteiger charge is -2.04. The van der Waals surface area contributed by atoms with Crippen molar-refractivity contribution in [3.05, 3.63) is 50.0 Å². The largest absolute Gasteiger partial charge is 0.347 e. The minimum Gasteiger partial charge on any atom is -0.347 e. The standard InChI is InChI=1S/C10H8BrClN2O3/c1-6(11)5-13-10(15)7-2-3-9(14(16)17)8(12)4-7/h2-4H,1,5H2,(H,13,15). The Kier molecular flexibility index (Phi) is 4.65. The molecule has 1 aromatic carbocycles. The summed E-state index contributed by atoms with van der Waals surface area (Å²) in [6.07, 6.45) is 0. The molecule has 0 saturated heterocycles. The van der Waals surface area contributed by atoms with E-state index in [4.69, 9.17) is 11.6 Å². The molecule has 0 atom stereocenters. The molecule has 0 unspecified atom stereocenters. The van der Waals surface area contributed by atoms with Crippen LogP contribution in [0.3, 0.4) is 0 Å². The van der Waals surface area contributed by atoms with Crippen molar-refractivity contribution in [2.75, 3.05) is 6.54 Å². The van der Waals surface area contributed by atoms with Crippen molar-refractivity contribution in [3.63, 3.8) is 0 Å². The fourth-order valence-corrected chi connectivity index (χ4v) is 1.46. The number of nitro groups is 1. The number of carbonyl (C=O) groups excluding carboxylic acids is 1. The summed E-state index contributed by atoms with van der Waals surface area (Å²) in [7, 11) is 0. The fourth-order valence-electron chi connectivity index (χ4n) is 1.07. The van der Waals surface area contributed by atoms with Gasteiger partial charge in [0.1, 0.15) is 5.02 Å². The molecule has 0 spiro atoms. The van der Waals surface area contributed by atoms with Crippen LogP contribution in [0.2, 0.25) is 5.02 Å². The molecule has 7 heteroatoms. The molecule has 0 aliphatic rings. The Morgan fingerprint density at radius 3 is 2.71 bits per heavy atom. The fraction of sp³-hybridized carbons (Fsp3) is 0.100. The quantitative estimate of drug-likeness (QED) is 0.685. The number of benzene rings is 1. The molecule has 1 N–H and O–H groups in total. The van der Waals surface area contributed by atoms with Crippen molar-refractivity contribution < 1.29 is 9.72 Å². The molecule has 0 aliphatic heterocycles. The van der Waals surface area contributed by atoms with Gasteiger partial charge in [0.15, 0.2) is 0 Å². The smallest absolute Gasteiger partial charge is 0.287 e. The molecule has 0 radical (unpaired) electrons. The molecule has 5 nitrogen and oxygen atoms in total. The van der Waals surface area contributed by atoms with Gasteiger partial charge < -0.3 is 5.32 Å². The molecule has 0 aliphatic carbocycles. The Balaban J connectivity index is 2.86. The number of carbonyl (C=O) groups is 1. The summed E-state index contributed by atoms with van der Waals surface area (Å²) in [6.45, 7) is 3.83. The molecule has 1 amide bonds. The summed E-state index contributed by atoms with van der Waals surface area (Å²) in [5.41, 5.74) is 0.0301. The maximum absolute atomic E-state index is 11.6. The van der Waals surface area contributed by atoms with Crippen molar-refractivity contribution in [2.24, 2.45) is 0 Å². The minimum atomic E-state index is -0.607. The first-order valence-electron chi connectivity index (χ1n) is 4.47. The third-order valence-electron chi connectivity index (χ3n) is 1.85. The molecule has 0 fully saturated rings. The lowest BCUT2D eigenvalue weighted by atomic mass is 10.2. The van der Waals surface area contributed by atoms with Crippen LogP contribution in [0, 0.1) is 10.1 Å². The first-order valence-corrected chi connectivity index (χ1v) is 5.64. The van der Waals surface area contributed by atoms with Crippen LogP contribution in [-0.2, 0) is 0 Å². The number of nitro benzene ring substituents is 1. The highest BCUT2D eigenvalue weighted by molar-refractivity contribution is 9.11. The van der Waals surface area contributed by atoms with Crippen LogP contribution in [-0.4, -0.2) is 17.4 Å². The van der Waals surface area contributed by atoms with E-state index < -0.39 is 4.92 Å². The maximum Gasteiger partial charge on any atom is 0.287 e. The van der Waals surface area contributed by atoms with Crippen LogP contribution in [0.25, 0.3) is 0 Å². The Morgan fingerprint density at radius 2 is 2.24 bits per heavy atom. The molecule has 0 bridgehead atoms. The van der Waals surface area contributed by atoms with Gasteiger partial charge in [0.05, 0.1) is 4.92 Å². The van der Waals surface area contributed by atoms with Gasteiger partial charge in [0.2, 0.25) is 0 Å². The van der Waals surface area contributed by atoms with Crippen LogP contribution in [0.5, 0.6) is 0 Å². The summed E-state index contributed by atoms with van der Waals surface area (Å²) in [4.78, 5) is 21.5. The predicted octanol–water partition coefficient (Wildman–Crippen LogP) is 2.89. The second-order valence-corrected chi connectivity index (χ2v) is 4.65. The van der Waals surface area contributed by atoms with E-state index in [1.807, 2.05) is 0 Å². The first kappa shape index (κ1) is 13.7. The van der Waals surface area contributed by atoms with E-state index in [0.29, 0.717) is 4.48 Å². The van der Waals surface area contributed by atoms with E-state index in [0.717, 1.165) is 0 Å². The van der Waals surface area contributed by atoms with Gasteiger partial charge in [-0.05, 0) is 12.1 Å². The van der Waals surface area contributed by atoms with Gasteiger partial charge in [-0.3, -0.25) is 14.9 Å². The van der Waals surface area contributed by atoms with Crippen molar-refractivity contribution in [3.8, 4) is 0 Å². The highest BCUT2D eigenvalue weighted by Crippen LogP contribution is 2.24. The SMILES string of the molecule is C=C(Br)CNC(=O)c1ccc([N+](=O)[O-])c(Cl)c1. The third kappa shape index (κ3) is 3.83. The number of amides is 1. The van der Waals surface area contributed by atoms with E-state index >= 15 is 0 Å². The van der Waals surface area contributed by atoms with Crippen LogP contribution < -0.4 is 5.32 Å². The molecular weight excluding hydrogens is 311 g/mol.